The van der Waals surface area contributed by atoms with Crippen LogP contribution in [0.25, 0.3) is 17.0 Å². The molecule has 5 nitrogen and oxygen atoms in total. The first kappa shape index (κ1) is 12.3. The lowest BCUT2D eigenvalue weighted by Gasteiger charge is -2.00. The molecule has 3 aromatic rings. The van der Waals surface area contributed by atoms with Crippen molar-refractivity contribution in [3.05, 3.63) is 54.0 Å². The van der Waals surface area contributed by atoms with E-state index in [-0.39, 0.29) is 17.1 Å². The van der Waals surface area contributed by atoms with Crippen LogP contribution in [0.1, 0.15) is 10.5 Å². The molecule has 6 heteroatoms. The van der Waals surface area contributed by atoms with Crippen LogP contribution in [0.5, 0.6) is 0 Å². The molecule has 0 saturated heterocycles. The van der Waals surface area contributed by atoms with Gasteiger partial charge in [-0.2, -0.15) is 0 Å². The standard InChI is InChI=1S/C14H10FN3O2/c1-20-14(19)11-7-4-8-12-16-13(17-18(11)12)9-5-2-3-6-10(9)15/h2-8H,1H3. The summed E-state index contributed by atoms with van der Waals surface area (Å²) in [7, 11) is 1.29. The molecule has 0 aliphatic heterocycles. The molecule has 0 N–H and O–H groups in total. The second-order valence-electron chi connectivity index (χ2n) is 4.09. The highest BCUT2D eigenvalue weighted by Crippen LogP contribution is 2.20. The van der Waals surface area contributed by atoms with E-state index in [9.17, 15) is 9.18 Å². The van der Waals surface area contributed by atoms with Crippen LogP contribution >= 0.6 is 0 Å². The molecule has 0 aliphatic carbocycles. The number of esters is 1. The zero-order chi connectivity index (χ0) is 14.1. The summed E-state index contributed by atoms with van der Waals surface area (Å²) < 4.78 is 19.8. The van der Waals surface area contributed by atoms with Gasteiger partial charge in [0, 0.05) is 0 Å². The second kappa shape index (κ2) is 4.73. The third-order valence-corrected chi connectivity index (χ3v) is 2.87. The molecule has 2 heterocycles. The molecule has 0 radical (unpaired) electrons. The number of carbonyl (C=O) groups is 1. The fourth-order valence-electron chi connectivity index (χ4n) is 1.92. The Morgan fingerprint density at radius 1 is 1.20 bits per heavy atom. The lowest BCUT2D eigenvalue weighted by atomic mass is 10.2. The Morgan fingerprint density at radius 2 is 2.00 bits per heavy atom. The zero-order valence-electron chi connectivity index (χ0n) is 10.6. The highest BCUT2D eigenvalue weighted by Gasteiger charge is 2.15. The number of aromatic nitrogens is 3. The third kappa shape index (κ3) is 1.91. The van der Waals surface area contributed by atoms with E-state index in [1.165, 1.54) is 17.7 Å². The van der Waals surface area contributed by atoms with E-state index in [0.717, 1.165) is 0 Å². The molecular formula is C14H10FN3O2. The van der Waals surface area contributed by atoms with Crippen molar-refractivity contribution in [1.82, 2.24) is 14.6 Å². The normalized spacial score (nSPS) is 10.7. The van der Waals surface area contributed by atoms with Gasteiger partial charge in [-0.3, -0.25) is 0 Å². The van der Waals surface area contributed by atoms with E-state index >= 15 is 0 Å². The molecule has 0 fully saturated rings. The zero-order valence-corrected chi connectivity index (χ0v) is 10.6. The Labute approximate surface area is 113 Å². The van der Waals surface area contributed by atoms with Gasteiger partial charge in [0.25, 0.3) is 0 Å². The van der Waals surface area contributed by atoms with Crippen LogP contribution in [0.3, 0.4) is 0 Å². The Kier molecular flexibility index (Phi) is 2.90. The van der Waals surface area contributed by atoms with E-state index in [1.54, 1.807) is 36.4 Å². The summed E-state index contributed by atoms with van der Waals surface area (Å²) in [6, 6.07) is 11.1. The van der Waals surface area contributed by atoms with Gasteiger partial charge in [0.15, 0.2) is 17.2 Å². The maximum absolute atomic E-state index is 13.7. The summed E-state index contributed by atoms with van der Waals surface area (Å²) in [5, 5.41) is 4.18. The summed E-state index contributed by atoms with van der Waals surface area (Å²) >= 11 is 0. The summed E-state index contributed by atoms with van der Waals surface area (Å²) in [5.41, 5.74) is 0.971. The van der Waals surface area contributed by atoms with Crippen molar-refractivity contribution in [3.8, 4) is 11.4 Å². The van der Waals surface area contributed by atoms with Crippen molar-refractivity contribution >= 4 is 11.6 Å². The van der Waals surface area contributed by atoms with Crippen molar-refractivity contribution < 1.29 is 13.9 Å². The Bertz CT molecular complexity index is 798. The average molecular weight is 271 g/mol. The van der Waals surface area contributed by atoms with E-state index < -0.39 is 11.8 Å². The molecule has 0 atom stereocenters. The average Bonchev–Trinajstić information content (AvgIpc) is 2.90. The van der Waals surface area contributed by atoms with Crippen LogP contribution in [0, 0.1) is 5.82 Å². The van der Waals surface area contributed by atoms with Crippen LogP contribution in [0.2, 0.25) is 0 Å². The first-order chi connectivity index (χ1) is 9.70. The lowest BCUT2D eigenvalue weighted by molar-refractivity contribution is 0.0591. The molecule has 0 unspecified atom stereocenters. The molecular weight excluding hydrogens is 261 g/mol. The van der Waals surface area contributed by atoms with Crippen LogP contribution in [0.4, 0.5) is 4.39 Å². The monoisotopic (exact) mass is 271 g/mol. The number of hydrogen-bond acceptors (Lipinski definition) is 4. The Balaban J connectivity index is 2.21. The van der Waals surface area contributed by atoms with E-state index in [1.807, 2.05) is 0 Å². The van der Waals surface area contributed by atoms with Crippen molar-refractivity contribution in [1.29, 1.82) is 0 Å². The maximum Gasteiger partial charge on any atom is 0.356 e. The summed E-state index contributed by atoms with van der Waals surface area (Å²) in [4.78, 5) is 15.9. The maximum atomic E-state index is 13.7. The predicted octanol–water partition coefficient (Wildman–Crippen LogP) is 2.32. The van der Waals surface area contributed by atoms with Crippen LogP contribution in [-0.4, -0.2) is 27.7 Å². The molecule has 0 aliphatic rings. The SMILES string of the molecule is COC(=O)c1cccc2nc(-c3ccccc3F)nn12. The van der Waals surface area contributed by atoms with Gasteiger partial charge in [0.05, 0.1) is 12.7 Å². The number of carbonyl (C=O) groups excluding carboxylic acids is 1. The van der Waals surface area contributed by atoms with Crippen LogP contribution in [-0.2, 0) is 4.74 Å². The number of pyridine rings is 1. The molecule has 0 spiro atoms. The molecule has 20 heavy (non-hydrogen) atoms. The molecule has 0 amide bonds. The fraction of sp³-hybridized carbons (Fsp3) is 0.0714. The summed E-state index contributed by atoms with van der Waals surface area (Å²) in [5.74, 6) is -0.719. The smallest absolute Gasteiger partial charge is 0.356 e. The molecule has 0 saturated carbocycles. The molecule has 0 bridgehead atoms. The third-order valence-electron chi connectivity index (χ3n) is 2.87. The van der Waals surface area contributed by atoms with Crippen LogP contribution in [0.15, 0.2) is 42.5 Å². The largest absolute Gasteiger partial charge is 0.464 e. The molecule has 2 aromatic heterocycles. The van der Waals surface area contributed by atoms with Crippen molar-refractivity contribution in [2.45, 2.75) is 0 Å². The van der Waals surface area contributed by atoms with E-state index in [0.29, 0.717) is 5.65 Å². The highest BCUT2D eigenvalue weighted by molar-refractivity contribution is 5.88. The first-order valence-corrected chi connectivity index (χ1v) is 5.89. The number of benzene rings is 1. The number of ether oxygens (including phenoxy) is 1. The fourth-order valence-corrected chi connectivity index (χ4v) is 1.92. The molecule has 1 aromatic carbocycles. The molecule has 3 rings (SSSR count). The topological polar surface area (TPSA) is 56.5 Å². The van der Waals surface area contributed by atoms with Gasteiger partial charge in [0.2, 0.25) is 0 Å². The summed E-state index contributed by atoms with van der Waals surface area (Å²) in [6.45, 7) is 0. The molecule has 100 valence electrons. The van der Waals surface area contributed by atoms with Crippen molar-refractivity contribution in [2.75, 3.05) is 7.11 Å². The van der Waals surface area contributed by atoms with E-state index in [4.69, 9.17) is 0 Å². The predicted molar refractivity (Wildman–Crippen MR) is 69.7 cm³/mol. The number of rotatable bonds is 2. The minimum Gasteiger partial charge on any atom is -0.464 e. The number of fused-ring (bicyclic) bond motifs is 1. The van der Waals surface area contributed by atoms with Gasteiger partial charge in [-0.05, 0) is 24.3 Å². The van der Waals surface area contributed by atoms with E-state index in [2.05, 4.69) is 14.8 Å². The van der Waals surface area contributed by atoms with Gasteiger partial charge in [-0.25, -0.2) is 18.7 Å². The number of nitrogens with zero attached hydrogens (tertiary/aromatic N) is 3. The van der Waals surface area contributed by atoms with Gasteiger partial charge in [-0.15, -0.1) is 5.10 Å². The van der Waals surface area contributed by atoms with Crippen molar-refractivity contribution in [3.63, 3.8) is 0 Å². The highest BCUT2D eigenvalue weighted by atomic mass is 19.1. The minimum absolute atomic E-state index is 0.222. The van der Waals surface area contributed by atoms with Gasteiger partial charge < -0.3 is 4.74 Å². The Morgan fingerprint density at radius 3 is 2.75 bits per heavy atom. The summed E-state index contributed by atoms with van der Waals surface area (Å²) in [6.07, 6.45) is 0. The second-order valence-corrected chi connectivity index (χ2v) is 4.09. The lowest BCUT2D eigenvalue weighted by Crippen LogP contribution is -2.08. The van der Waals surface area contributed by atoms with Crippen molar-refractivity contribution in [2.24, 2.45) is 0 Å². The van der Waals surface area contributed by atoms with Gasteiger partial charge >= 0.3 is 5.97 Å². The van der Waals surface area contributed by atoms with Gasteiger partial charge in [0.1, 0.15) is 5.82 Å². The number of methoxy groups -OCH3 is 1. The van der Waals surface area contributed by atoms with Crippen LogP contribution < -0.4 is 0 Å². The first-order valence-electron chi connectivity index (χ1n) is 5.89. The Hall–Kier alpha value is -2.76. The van der Waals surface area contributed by atoms with Gasteiger partial charge in [-0.1, -0.05) is 18.2 Å². The quantitative estimate of drug-likeness (QED) is 0.671. The number of halogens is 1. The number of hydrogen-bond donors (Lipinski definition) is 0. The minimum atomic E-state index is -0.527.